The van der Waals surface area contributed by atoms with Crippen LogP contribution in [0.2, 0.25) is 0 Å². The van der Waals surface area contributed by atoms with Gasteiger partial charge in [-0.05, 0) is 132 Å². The van der Waals surface area contributed by atoms with Gasteiger partial charge >= 0.3 is 0 Å². The van der Waals surface area contributed by atoms with Gasteiger partial charge in [0.2, 0.25) is 0 Å². The van der Waals surface area contributed by atoms with Crippen molar-refractivity contribution in [3.8, 4) is 0 Å². The number of hydrogen-bond acceptors (Lipinski definition) is 20. The van der Waals surface area contributed by atoms with Crippen molar-refractivity contribution in [2.45, 2.75) is 283 Å². The molecule has 0 spiro atoms. The lowest BCUT2D eigenvalue weighted by Crippen LogP contribution is -2.66. The van der Waals surface area contributed by atoms with Crippen LogP contribution in [0, 0.1) is 47.3 Å². The lowest BCUT2D eigenvalue weighted by atomic mass is 9.81. The second-order valence-corrected chi connectivity index (χ2v) is 28.8. The Labute approximate surface area is 582 Å². The molecule has 20 nitrogen and oxygen atoms in total. The largest absolute Gasteiger partial charge is 0.394 e. The summed E-state index contributed by atoms with van der Waals surface area (Å²) in [6.45, 7) is 25.9. The predicted octanol–water partition coefficient (Wildman–Crippen LogP) is 10.8. The van der Waals surface area contributed by atoms with Crippen LogP contribution >= 0.6 is 0 Å². The number of aliphatic hydroxyl groups excluding tert-OH is 4. The molecule has 0 amide bonds. The Bertz CT molecular complexity index is 2960. The number of aliphatic hydroxyl groups is 4. The van der Waals surface area contributed by atoms with Gasteiger partial charge in [0.15, 0.2) is 37.7 Å². The molecule has 4 aromatic rings. The highest BCUT2D eigenvalue weighted by molar-refractivity contribution is 5.82. The van der Waals surface area contributed by atoms with Gasteiger partial charge < -0.3 is 97.2 Å². The molecular formula is C78H117NO19. The quantitative estimate of drug-likeness (QED) is 0.0294. The van der Waals surface area contributed by atoms with Crippen LogP contribution in [0.15, 0.2) is 103 Å². The van der Waals surface area contributed by atoms with Crippen molar-refractivity contribution in [1.29, 1.82) is 0 Å². The maximum atomic E-state index is 12.8. The van der Waals surface area contributed by atoms with Crippen molar-refractivity contribution in [3.63, 3.8) is 0 Å². The van der Waals surface area contributed by atoms with E-state index in [1.54, 1.807) is 0 Å². The van der Waals surface area contributed by atoms with E-state index in [2.05, 4.69) is 95.2 Å². The average molecular weight is 1370 g/mol. The van der Waals surface area contributed by atoms with E-state index in [0.29, 0.717) is 26.0 Å². The molecule has 10 rings (SSSR count). The fourth-order valence-electron chi connectivity index (χ4n) is 15.6. The van der Waals surface area contributed by atoms with Crippen molar-refractivity contribution in [3.05, 3.63) is 120 Å². The van der Waals surface area contributed by atoms with E-state index >= 15 is 0 Å². The smallest absolute Gasteiger partial charge is 0.187 e. The summed E-state index contributed by atoms with van der Waals surface area (Å²) in [4.78, 5) is 0. The third-order valence-corrected chi connectivity index (χ3v) is 22.7. The molecule has 6 N–H and O–H groups in total. The first kappa shape index (κ1) is 77.0. The maximum absolute atomic E-state index is 12.8. The van der Waals surface area contributed by atoms with Gasteiger partial charge in [0, 0.05) is 6.61 Å². The molecule has 6 heterocycles. The fourth-order valence-corrected chi connectivity index (χ4v) is 15.6. The van der Waals surface area contributed by atoms with Crippen LogP contribution in [-0.4, -0.2) is 182 Å². The van der Waals surface area contributed by atoms with Gasteiger partial charge in [0.25, 0.3) is 0 Å². The molecule has 0 saturated carbocycles. The van der Waals surface area contributed by atoms with Crippen LogP contribution in [0.4, 0.5) is 0 Å². The molecule has 4 aromatic carbocycles. The average Bonchev–Trinajstić information content (AvgIpc) is 0.770. The van der Waals surface area contributed by atoms with Crippen LogP contribution in [-0.2, 0) is 90.9 Å². The SMILES string of the molecule is CCC1O[C@H](OC2[C@@H](O[C@@H]3C(OCc4ccccc4)[C@H](OC4[C@@H](OC5[C@@H](OCCCCCN)OC(CC)[C@@H](C)[C@@H]5C)OC(CC)[C@@H](C)[C@@H]4C)OC(CO)[C@H]3O)OC(CC)[C@@H](C)[C@@H]2C)C(O[C@@H]2OC(CO)[C@@H](O)[C@H](OCc3ccc4ccccc4c3)C2OCc2ccccc2)[C@@H](C)[C@@H]1C. The number of rotatable bonds is 31. The molecule has 0 bridgehead atoms. The van der Waals surface area contributed by atoms with Gasteiger partial charge in [0.05, 0.1) is 57.5 Å². The van der Waals surface area contributed by atoms with Gasteiger partial charge in [-0.15, -0.1) is 0 Å². The lowest BCUT2D eigenvalue weighted by Gasteiger charge is -2.53. The zero-order chi connectivity index (χ0) is 69.7. The number of hydrogen-bond donors (Lipinski definition) is 5. The molecule has 0 aromatic heterocycles. The summed E-state index contributed by atoms with van der Waals surface area (Å²) >= 11 is 0. The summed E-state index contributed by atoms with van der Waals surface area (Å²) in [7, 11) is 0. The van der Waals surface area contributed by atoms with Gasteiger partial charge in [0.1, 0.15) is 73.2 Å². The van der Waals surface area contributed by atoms with Gasteiger partial charge in [-0.2, -0.15) is 0 Å². The third-order valence-electron chi connectivity index (χ3n) is 22.7. The van der Waals surface area contributed by atoms with Crippen molar-refractivity contribution in [2.24, 2.45) is 53.1 Å². The minimum Gasteiger partial charge on any atom is -0.394 e. The molecule has 6 saturated heterocycles. The van der Waals surface area contributed by atoms with E-state index in [0.717, 1.165) is 59.6 Å². The lowest BCUT2D eigenvalue weighted by molar-refractivity contribution is -0.403. The minimum atomic E-state index is -1.47. The topological polar surface area (TPSA) is 245 Å². The van der Waals surface area contributed by atoms with Crippen molar-refractivity contribution >= 4 is 10.8 Å². The first-order valence-corrected chi connectivity index (χ1v) is 36.9. The monoisotopic (exact) mass is 1370 g/mol. The number of unbranched alkanes of at least 4 members (excludes halogenated alkanes) is 2. The Kier molecular flexibility index (Phi) is 28.8. The standard InChI is InChI=1S/C78H117NO19/c1-13-57-44(5)48(9)65(73(88-57)84-37-27-19-26-36-79)94-74-66(49(10)45(6)58(14-2)89-74)97-78-72(87-42-53-30-22-18-23-31-53)70(64(83)62(40-81)93-78)98-76-68(51(12)47(8)60(16-4)91-76)95-75-67(50(11)46(7)59(15-3)90-75)96-77-71(86-41-52-28-20-17-21-29-52)69(63(82)61(39-80)92-77)85-43-54-34-35-55-32-24-25-33-56(55)38-54/h17-18,20-25,28-35,38,44-51,57-78,80-83H,13-16,19,26-27,36-37,39-43,79H2,1-12H3/t44-,45-,46-,47-,48-,49-,50-,51-,57?,58?,59?,60?,61?,62?,63+,64+,65?,66?,67?,68?,69-,70-,71?,72?,73-,74+,75+,76+,77-,78-/m0/s1. The fraction of sp³-hybridized carbons (Fsp3) is 0.718. The second-order valence-electron chi connectivity index (χ2n) is 28.8. The van der Waals surface area contributed by atoms with Crippen LogP contribution in [0.3, 0.4) is 0 Å². The summed E-state index contributed by atoms with van der Waals surface area (Å²) in [6, 6.07) is 33.7. The van der Waals surface area contributed by atoms with E-state index in [4.69, 9.17) is 76.8 Å². The highest BCUT2D eigenvalue weighted by Gasteiger charge is 2.57. The van der Waals surface area contributed by atoms with E-state index in [9.17, 15) is 20.4 Å². The molecule has 6 aliphatic rings. The van der Waals surface area contributed by atoms with Crippen molar-refractivity contribution in [2.75, 3.05) is 26.4 Å². The molecular weight excluding hydrogens is 1250 g/mol. The molecule has 0 aliphatic carbocycles. The summed E-state index contributed by atoms with van der Waals surface area (Å²) < 4.78 is 105. The Morgan fingerprint density at radius 1 is 0.337 bits per heavy atom. The highest BCUT2D eigenvalue weighted by atomic mass is 16.8. The number of benzene rings is 4. The number of ether oxygens (including phenoxy) is 15. The van der Waals surface area contributed by atoms with Gasteiger partial charge in [-0.1, -0.05) is 180 Å². The normalized spacial score (nSPS) is 40.2. The Morgan fingerprint density at radius 3 is 1.11 bits per heavy atom. The van der Waals surface area contributed by atoms with E-state index in [-0.39, 0.29) is 91.6 Å². The Morgan fingerprint density at radius 2 is 0.684 bits per heavy atom. The zero-order valence-electron chi connectivity index (χ0n) is 60.0. The van der Waals surface area contributed by atoms with Crippen LogP contribution in [0.25, 0.3) is 10.8 Å². The van der Waals surface area contributed by atoms with E-state index in [1.807, 2.05) is 91.0 Å². The molecule has 548 valence electrons. The highest BCUT2D eigenvalue weighted by Crippen LogP contribution is 2.46. The number of fused-ring (bicyclic) bond motifs is 1. The molecule has 0 radical (unpaired) electrons. The van der Waals surface area contributed by atoms with E-state index in [1.165, 1.54) is 0 Å². The molecule has 98 heavy (non-hydrogen) atoms. The predicted molar refractivity (Wildman–Crippen MR) is 368 cm³/mol. The first-order valence-electron chi connectivity index (χ1n) is 36.9. The molecule has 30 atom stereocenters. The molecule has 6 fully saturated rings. The third kappa shape index (κ3) is 18.1. The van der Waals surface area contributed by atoms with Crippen molar-refractivity contribution < 1.29 is 91.5 Å². The summed E-state index contributed by atoms with van der Waals surface area (Å²) in [5, 5.41) is 49.2. The minimum absolute atomic E-state index is 0.00694. The van der Waals surface area contributed by atoms with Crippen LogP contribution in [0.5, 0.6) is 0 Å². The van der Waals surface area contributed by atoms with Gasteiger partial charge in [-0.3, -0.25) is 0 Å². The van der Waals surface area contributed by atoms with Crippen LogP contribution < -0.4 is 5.73 Å². The molecule has 12 unspecified atom stereocenters. The Balaban J connectivity index is 0.968. The van der Waals surface area contributed by atoms with Crippen LogP contribution in [0.1, 0.15) is 145 Å². The second kappa shape index (κ2) is 36.7. The van der Waals surface area contributed by atoms with Crippen molar-refractivity contribution in [1.82, 2.24) is 0 Å². The van der Waals surface area contributed by atoms with E-state index < -0.39 is 124 Å². The zero-order valence-corrected chi connectivity index (χ0v) is 60.0. The molecule has 20 heteroatoms. The molecule has 6 aliphatic heterocycles. The number of nitrogens with two attached hydrogens (primary N) is 1. The summed E-state index contributed by atoms with van der Waals surface area (Å²) in [6.07, 6.45) is -14.2. The summed E-state index contributed by atoms with van der Waals surface area (Å²) in [5.41, 5.74) is 8.49. The van der Waals surface area contributed by atoms with Gasteiger partial charge in [-0.25, -0.2) is 0 Å². The Hall–Kier alpha value is -3.66. The first-order chi connectivity index (χ1) is 47.4. The summed E-state index contributed by atoms with van der Waals surface area (Å²) in [5.74, 6) is -0.593. The maximum Gasteiger partial charge on any atom is 0.187 e.